The van der Waals surface area contributed by atoms with E-state index in [0.29, 0.717) is 0 Å². The molecule has 4 rings (SSSR count). The number of hydrogen-bond donors (Lipinski definition) is 0. The number of benzene rings is 3. The molecule has 1 heterocycles. The van der Waals surface area contributed by atoms with Crippen LogP contribution in [0.15, 0.2) is 66.9 Å². The Labute approximate surface area is 129 Å². The van der Waals surface area contributed by atoms with Gasteiger partial charge >= 0.3 is 5.82 Å². The first-order valence-electron chi connectivity index (χ1n) is 7.47. The minimum Gasteiger partial charge on any atom is -0.226 e. The Morgan fingerprint density at radius 3 is 2.23 bits per heavy atom. The van der Waals surface area contributed by atoms with Crippen LogP contribution in [0.4, 0.5) is 0 Å². The average Bonchev–Trinajstić information content (AvgIpc) is 2.55. The smallest absolute Gasteiger partial charge is 0.226 e. The number of nitrogens with zero attached hydrogens (tertiary/aromatic N) is 2. The lowest BCUT2D eigenvalue weighted by atomic mass is 10.0. The summed E-state index contributed by atoms with van der Waals surface area (Å²) in [5, 5.41) is 3.68. The fourth-order valence-electron chi connectivity index (χ4n) is 3.08. The normalized spacial score (nSPS) is 11.2. The first-order valence-corrected chi connectivity index (χ1v) is 7.47. The van der Waals surface area contributed by atoms with E-state index < -0.39 is 0 Å². The van der Waals surface area contributed by atoms with E-state index in [4.69, 9.17) is 4.98 Å². The van der Waals surface area contributed by atoms with Crippen molar-refractivity contribution in [3.8, 4) is 11.4 Å². The molecular weight excluding hydrogens is 268 g/mol. The van der Waals surface area contributed by atoms with Crippen LogP contribution in [0, 0.1) is 6.92 Å². The summed E-state index contributed by atoms with van der Waals surface area (Å²) >= 11 is 0. The van der Waals surface area contributed by atoms with Gasteiger partial charge < -0.3 is 0 Å². The van der Waals surface area contributed by atoms with Crippen LogP contribution in [0.2, 0.25) is 0 Å². The lowest BCUT2D eigenvalue weighted by molar-refractivity contribution is -0.636. The molecule has 0 aliphatic carbocycles. The van der Waals surface area contributed by atoms with E-state index in [-0.39, 0.29) is 0 Å². The van der Waals surface area contributed by atoms with Crippen LogP contribution >= 0.6 is 0 Å². The van der Waals surface area contributed by atoms with E-state index in [0.717, 1.165) is 11.2 Å². The Bertz CT molecular complexity index is 997. The second-order valence-electron chi connectivity index (χ2n) is 5.71. The molecule has 0 N–H and O–H groups in total. The summed E-state index contributed by atoms with van der Waals surface area (Å²) < 4.78 is 2.17. The van der Waals surface area contributed by atoms with E-state index >= 15 is 0 Å². The minimum atomic E-state index is 1.00. The fourth-order valence-corrected chi connectivity index (χ4v) is 3.08. The zero-order valence-electron chi connectivity index (χ0n) is 12.7. The van der Waals surface area contributed by atoms with Crippen LogP contribution < -0.4 is 4.57 Å². The van der Waals surface area contributed by atoms with Gasteiger partial charge in [-0.15, -0.1) is 0 Å². The Kier molecular flexibility index (Phi) is 2.90. The number of hydrogen-bond acceptors (Lipinski definition) is 1. The van der Waals surface area contributed by atoms with E-state index in [1.54, 1.807) is 0 Å². The zero-order chi connectivity index (χ0) is 15.1. The molecule has 0 amide bonds. The highest BCUT2D eigenvalue weighted by Crippen LogP contribution is 2.26. The van der Waals surface area contributed by atoms with Gasteiger partial charge in [-0.25, -0.2) is 4.57 Å². The summed E-state index contributed by atoms with van der Waals surface area (Å²) in [7, 11) is 2.08. The molecule has 22 heavy (non-hydrogen) atoms. The van der Waals surface area contributed by atoms with Crippen LogP contribution in [0.3, 0.4) is 0 Å². The zero-order valence-corrected chi connectivity index (χ0v) is 12.7. The molecule has 0 fully saturated rings. The molecule has 0 aliphatic rings. The van der Waals surface area contributed by atoms with Gasteiger partial charge in [0.1, 0.15) is 5.52 Å². The predicted octanol–water partition coefficient (Wildman–Crippen LogP) is 4.19. The van der Waals surface area contributed by atoms with Gasteiger partial charge in [-0.2, -0.15) is 0 Å². The van der Waals surface area contributed by atoms with Gasteiger partial charge in [0.2, 0.25) is 0 Å². The third kappa shape index (κ3) is 1.96. The van der Waals surface area contributed by atoms with Gasteiger partial charge in [0.15, 0.2) is 6.20 Å². The third-order valence-corrected chi connectivity index (χ3v) is 4.28. The minimum absolute atomic E-state index is 1.00. The number of aryl methyl sites for hydroxylation is 2. The number of para-hydroxylation sites is 1. The van der Waals surface area contributed by atoms with Crippen LogP contribution in [0.5, 0.6) is 0 Å². The molecule has 106 valence electrons. The molecule has 0 atom stereocenters. The Hall–Kier alpha value is -2.74. The molecule has 2 nitrogen and oxygen atoms in total. The van der Waals surface area contributed by atoms with E-state index in [9.17, 15) is 0 Å². The van der Waals surface area contributed by atoms with Gasteiger partial charge in [0, 0.05) is 0 Å². The molecule has 0 radical (unpaired) electrons. The summed E-state index contributed by atoms with van der Waals surface area (Å²) in [5.41, 5.74) is 3.63. The van der Waals surface area contributed by atoms with Crippen LogP contribution in [0.1, 0.15) is 5.56 Å². The first kappa shape index (κ1) is 13.0. The van der Waals surface area contributed by atoms with Crippen molar-refractivity contribution < 1.29 is 4.57 Å². The molecule has 0 spiro atoms. The van der Waals surface area contributed by atoms with Crippen LogP contribution in [0.25, 0.3) is 33.1 Å². The van der Waals surface area contributed by atoms with Gasteiger partial charge in [0.05, 0.1) is 18.0 Å². The summed E-state index contributed by atoms with van der Waals surface area (Å²) in [6.45, 7) is 2.15. The Balaban J connectivity index is 2.02. The summed E-state index contributed by atoms with van der Waals surface area (Å²) in [4.78, 5) is 4.71. The molecule has 0 saturated carbocycles. The van der Waals surface area contributed by atoms with Crippen molar-refractivity contribution in [3.05, 3.63) is 72.4 Å². The highest BCUT2D eigenvalue weighted by molar-refractivity contribution is 5.88. The fraction of sp³-hybridized carbons (Fsp3) is 0.100. The highest BCUT2D eigenvalue weighted by Gasteiger charge is 2.18. The summed E-state index contributed by atoms with van der Waals surface area (Å²) in [6, 6.07) is 21.3. The van der Waals surface area contributed by atoms with Gasteiger partial charge in [0.25, 0.3) is 0 Å². The second kappa shape index (κ2) is 4.92. The predicted molar refractivity (Wildman–Crippen MR) is 90.6 cm³/mol. The van der Waals surface area contributed by atoms with E-state index in [2.05, 4.69) is 73.1 Å². The van der Waals surface area contributed by atoms with Crippen molar-refractivity contribution in [2.75, 3.05) is 0 Å². The van der Waals surface area contributed by atoms with E-state index in [1.165, 1.54) is 27.4 Å². The summed E-state index contributed by atoms with van der Waals surface area (Å²) in [5.74, 6) is 1.00. The SMILES string of the molecule is Cc1cc2ccccc2cc1-c1ncc2ccccc2[n+]1C. The highest BCUT2D eigenvalue weighted by atomic mass is 15.0. The molecule has 2 heteroatoms. The second-order valence-corrected chi connectivity index (χ2v) is 5.71. The Morgan fingerprint density at radius 2 is 1.45 bits per heavy atom. The number of rotatable bonds is 1. The topological polar surface area (TPSA) is 16.8 Å². The van der Waals surface area contributed by atoms with Crippen LogP contribution in [-0.2, 0) is 7.05 Å². The molecule has 1 aromatic heterocycles. The van der Waals surface area contributed by atoms with E-state index in [1.807, 2.05) is 12.3 Å². The maximum Gasteiger partial charge on any atom is 0.330 e. The maximum absolute atomic E-state index is 4.71. The van der Waals surface area contributed by atoms with Crippen molar-refractivity contribution in [2.24, 2.45) is 7.05 Å². The van der Waals surface area contributed by atoms with Crippen LogP contribution in [-0.4, -0.2) is 4.98 Å². The first-order chi connectivity index (χ1) is 10.7. The van der Waals surface area contributed by atoms with Crippen molar-refractivity contribution in [1.29, 1.82) is 0 Å². The molecule has 4 aromatic rings. The van der Waals surface area contributed by atoms with Crippen molar-refractivity contribution in [2.45, 2.75) is 6.92 Å². The monoisotopic (exact) mass is 285 g/mol. The molecule has 0 saturated heterocycles. The summed E-state index contributed by atoms with van der Waals surface area (Å²) in [6.07, 6.45) is 1.96. The molecule has 0 aliphatic heterocycles. The average molecular weight is 285 g/mol. The van der Waals surface area contributed by atoms with Crippen molar-refractivity contribution >= 4 is 21.7 Å². The van der Waals surface area contributed by atoms with Gasteiger partial charge in [-0.3, -0.25) is 0 Å². The van der Waals surface area contributed by atoms with Crippen molar-refractivity contribution in [3.63, 3.8) is 0 Å². The lowest BCUT2D eigenvalue weighted by Crippen LogP contribution is -2.33. The van der Waals surface area contributed by atoms with Gasteiger partial charge in [-0.1, -0.05) is 42.5 Å². The molecule has 0 bridgehead atoms. The van der Waals surface area contributed by atoms with Crippen molar-refractivity contribution in [1.82, 2.24) is 4.98 Å². The largest absolute Gasteiger partial charge is 0.330 e. The molecule has 3 aromatic carbocycles. The molecule has 0 unspecified atom stereocenters. The third-order valence-electron chi connectivity index (χ3n) is 4.28. The number of fused-ring (bicyclic) bond motifs is 2. The lowest BCUT2D eigenvalue weighted by Gasteiger charge is -2.07. The Morgan fingerprint density at radius 1 is 0.818 bits per heavy atom. The number of aromatic nitrogens is 2. The molecular formula is C20H17N2+. The quantitative estimate of drug-likeness (QED) is 0.479. The maximum atomic E-state index is 4.71. The van der Waals surface area contributed by atoms with Gasteiger partial charge in [-0.05, 0) is 46.4 Å². The standard InChI is InChI=1S/C20H17N2/c1-14-11-15-7-3-4-8-16(15)12-18(14)20-21-13-17-9-5-6-10-19(17)22(20)2/h3-13H,1-2H3/q+1.